The summed E-state index contributed by atoms with van der Waals surface area (Å²) in [6.45, 7) is 1.49. The Morgan fingerprint density at radius 2 is 1.93 bits per heavy atom. The Balaban J connectivity index is 1.40. The lowest BCUT2D eigenvalue weighted by Gasteiger charge is -2.22. The molecule has 160 valence electrons. The molecule has 2 N–H and O–H groups in total. The molecule has 0 unspecified atom stereocenters. The number of aliphatic imine (C=N–C) groups is 1. The van der Waals surface area contributed by atoms with Gasteiger partial charge in [0.05, 0.1) is 0 Å². The maximum Gasteiger partial charge on any atom is 0.258 e. The number of nitrogens with one attached hydrogen (secondary N) is 2. The van der Waals surface area contributed by atoms with E-state index in [0.717, 1.165) is 42.4 Å². The molecule has 0 atom stereocenters. The summed E-state index contributed by atoms with van der Waals surface area (Å²) >= 11 is 6.26. The van der Waals surface area contributed by atoms with E-state index in [-0.39, 0.29) is 12.5 Å². The van der Waals surface area contributed by atoms with Crippen molar-refractivity contribution in [3.05, 3.63) is 64.7 Å². The van der Waals surface area contributed by atoms with Crippen molar-refractivity contribution in [1.82, 2.24) is 15.5 Å². The highest BCUT2D eigenvalue weighted by Crippen LogP contribution is 2.19. The van der Waals surface area contributed by atoms with Crippen molar-refractivity contribution in [2.45, 2.75) is 31.8 Å². The highest BCUT2D eigenvalue weighted by atomic mass is 35.5. The summed E-state index contributed by atoms with van der Waals surface area (Å²) in [5.74, 6) is 1.46. The van der Waals surface area contributed by atoms with Crippen LogP contribution in [-0.2, 0) is 17.8 Å². The number of halogens is 1. The molecule has 1 fully saturated rings. The van der Waals surface area contributed by atoms with Gasteiger partial charge in [0, 0.05) is 38.2 Å². The first kappa shape index (κ1) is 22.0. The predicted octanol–water partition coefficient (Wildman–Crippen LogP) is 3.25. The van der Waals surface area contributed by atoms with Crippen LogP contribution in [0.1, 0.15) is 24.0 Å². The van der Waals surface area contributed by atoms with Gasteiger partial charge in [-0.15, -0.1) is 0 Å². The van der Waals surface area contributed by atoms with Crippen molar-refractivity contribution in [3.8, 4) is 5.75 Å². The van der Waals surface area contributed by atoms with Crippen LogP contribution in [0, 0.1) is 0 Å². The van der Waals surface area contributed by atoms with Crippen molar-refractivity contribution in [3.63, 3.8) is 0 Å². The topological polar surface area (TPSA) is 66.0 Å². The molecule has 1 aliphatic carbocycles. The minimum Gasteiger partial charge on any atom is -0.484 e. The molecule has 1 aliphatic rings. The van der Waals surface area contributed by atoms with Crippen LogP contribution >= 0.6 is 11.6 Å². The lowest BCUT2D eigenvalue weighted by molar-refractivity contribution is -0.123. The molecule has 0 bridgehead atoms. The predicted molar refractivity (Wildman–Crippen MR) is 121 cm³/mol. The lowest BCUT2D eigenvalue weighted by Crippen LogP contribution is -2.39. The Morgan fingerprint density at radius 1 is 1.20 bits per heavy atom. The molecule has 0 aliphatic heterocycles. The fourth-order valence-corrected chi connectivity index (χ4v) is 3.25. The van der Waals surface area contributed by atoms with E-state index in [9.17, 15) is 4.79 Å². The van der Waals surface area contributed by atoms with Crippen molar-refractivity contribution in [2.75, 3.05) is 27.2 Å². The van der Waals surface area contributed by atoms with Crippen molar-refractivity contribution in [2.24, 2.45) is 4.99 Å². The van der Waals surface area contributed by atoms with Crippen LogP contribution in [0.25, 0.3) is 0 Å². The molecular formula is C23H29ClN4O2. The van der Waals surface area contributed by atoms with E-state index in [4.69, 9.17) is 16.3 Å². The zero-order valence-electron chi connectivity index (χ0n) is 17.5. The fourth-order valence-electron chi connectivity index (χ4n) is 3.06. The first-order valence-corrected chi connectivity index (χ1v) is 10.6. The van der Waals surface area contributed by atoms with E-state index in [1.165, 1.54) is 5.56 Å². The Hall–Kier alpha value is -2.73. The minimum atomic E-state index is -0.0573. The Labute approximate surface area is 183 Å². The third-order valence-electron chi connectivity index (χ3n) is 4.87. The fraction of sp³-hybridized carbons (Fsp3) is 0.391. The Morgan fingerprint density at radius 3 is 2.60 bits per heavy atom. The molecule has 0 aromatic heterocycles. The number of carbonyl (C=O) groups excluding carboxylic acids is 1. The normalized spacial score (nSPS) is 13.6. The molecule has 1 saturated carbocycles. The number of rotatable bonds is 9. The first-order chi connectivity index (χ1) is 14.5. The van der Waals surface area contributed by atoms with Crippen LogP contribution in [0.15, 0.2) is 53.5 Å². The Bertz CT molecular complexity index is 866. The zero-order valence-corrected chi connectivity index (χ0v) is 18.3. The van der Waals surface area contributed by atoms with Gasteiger partial charge in [-0.1, -0.05) is 41.9 Å². The summed E-state index contributed by atoms with van der Waals surface area (Å²) in [5, 5.41) is 7.05. The maximum atomic E-state index is 11.7. The van der Waals surface area contributed by atoms with Crippen LogP contribution in [0.4, 0.5) is 0 Å². The van der Waals surface area contributed by atoms with Crippen LogP contribution < -0.4 is 15.4 Å². The molecule has 2 aromatic carbocycles. The SMILES string of the molecule is CN=C(NCCc1ccc(OCC(=O)NC2CC2)cc1)N(C)Cc1ccccc1Cl. The lowest BCUT2D eigenvalue weighted by atomic mass is 10.1. The molecule has 6 nitrogen and oxygen atoms in total. The first-order valence-electron chi connectivity index (χ1n) is 10.2. The van der Waals surface area contributed by atoms with E-state index in [2.05, 4.69) is 15.6 Å². The molecule has 2 aromatic rings. The minimum absolute atomic E-state index is 0.0573. The average Bonchev–Trinajstić information content (AvgIpc) is 3.56. The average molecular weight is 429 g/mol. The van der Waals surface area contributed by atoms with E-state index in [1.807, 2.05) is 60.5 Å². The number of guanidine groups is 1. The van der Waals surface area contributed by atoms with Crippen molar-refractivity contribution in [1.29, 1.82) is 0 Å². The van der Waals surface area contributed by atoms with E-state index < -0.39 is 0 Å². The molecular weight excluding hydrogens is 400 g/mol. The summed E-state index contributed by atoms with van der Waals surface area (Å²) in [6, 6.07) is 16.0. The van der Waals surface area contributed by atoms with Gasteiger partial charge in [-0.05, 0) is 48.6 Å². The summed E-state index contributed by atoms with van der Waals surface area (Å²) in [7, 11) is 3.76. The molecule has 0 saturated heterocycles. The standard InChI is InChI=1S/C23H29ClN4O2/c1-25-23(28(2)15-18-5-3-4-6-21(18)24)26-14-13-17-7-11-20(12-8-17)30-16-22(29)27-19-9-10-19/h3-8,11-12,19H,9-10,13-16H2,1-2H3,(H,25,26)(H,27,29). The molecule has 30 heavy (non-hydrogen) atoms. The van der Waals surface area contributed by atoms with Crippen LogP contribution in [0.3, 0.4) is 0 Å². The molecule has 7 heteroatoms. The van der Waals surface area contributed by atoms with Gasteiger partial charge in [-0.3, -0.25) is 9.79 Å². The molecule has 0 radical (unpaired) electrons. The second kappa shape index (κ2) is 10.9. The number of hydrogen-bond acceptors (Lipinski definition) is 3. The van der Waals surface area contributed by atoms with Gasteiger partial charge in [0.1, 0.15) is 5.75 Å². The largest absolute Gasteiger partial charge is 0.484 e. The monoisotopic (exact) mass is 428 g/mol. The second-order valence-corrected chi connectivity index (χ2v) is 7.85. The third-order valence-corrected chi connectivity index (χ3v) is 5.24. The number of benzene rings is 2. The summed E-state index contributed by atoms with van der Waals surface area (Å²) in [4.78, 5) is 18.1. The van der Waals surface area contributed by atoms with E-state index in [1.54, 1.807) is 7.05 Å². The van der Waals surface area contributed by atoms with Crippen LogP contribution in [0.2, 0.25) is 5.02 Å². The Kier molecular flexibility index (Phi) is 7.97. The third kappa shape index (κ3) is 6.95. The maximum absolute atomic E-state index is 11.7. The quantitative estimate of drug-likeness (QED) is 0.475. The van der Waals surface area contributed by atoms with Crippen molar-refractivity contribution >= 4 is 23.5 Å². The number of carbonyl (C=O) groups is 1. The van der Waals surface area contributed by atoms with Gasteiger partial charge >= 0.3 is 0 Å². The highest BCUT2D eigenvalue weighted by Gasteiger charge is 2.23. The van der Waals surface area contributed by atoms with Gasteiger partial charge in [-0.25, -0.2) is 0 Å². The second-order valence-electron chi connectivity index (χ2n) is 7.45. The number of amides is 1. The van der Waals surface area contributed by atoms with E-state index in [0.29, 0.717) is 18.3 Å². The number of ether oxygens (including phenoxy) is 1. The van der Waals surface area contributed by atoms with Gasteiger partial charge in [0.2, 0.25) is 0 Å². The molecule has 0 spiro atoms. The molecule has 1 amide bonds. The number of hydrogen-bond donors (Lipinski definition) is 2. The van der Waals surface area contributed by atoms with Gasteiger partial charge in [0.25, 0.3) is 5.91 Å². The van der Waals surface area contributed by atoms with Crippen LogP contribution in [0.5, 0.6) is 5.75 Å². The van der Waals surface area contributed by atoms with Gasteiger partial charge in [-0.2, -0.15) is 0 Å². The molecule has 0 heterocycles. The summed E-state index contributed by atoms with van der Waals surface area (Å²) in [6.07, 6.45) is 3.00. The zero-order chi connectivity index (χ0) is 21.3. The summed E-state index contributed by atoms with van der Waals surface area (Å²) in [5.41, 5.74) is 2.24. The van der Waals surface area contributed by atoms with Gasteiger partial charge in [0.15, 0.2) is 12.6 Å². The van der Waals surface area contributed by atoms with Crippen LogP contribution in [-0.4, -0.2) is 50.1 Å². The van der Waals surface area contributed by atoms with E-state index >= 15 is 0 Å². The summed E-state index contributed by atoms with van der Waals surface area (Å²) < 4.78 is 5.54. The van der Waals surface area contributed by atoms with Gasteiger partial charge < -0.3 is 20.3 Å². The smallest absolute Gasteiger partial charge is 0.258 e. The molecule has 3 rings (SSSR count). The van der Waals surface area contributed by atoms with Crippen molar-refractivity contribution < 1.29 is 9.53 Å². The highest BCUT2D eigenvalue weighted by molar-refractivity contribution is 6.31. The number of nitrogens with zero attached hydrogens (tertiary/aromatic N) is 2.